The minimum Gasteiger partial charge on any atom is -0.272 e. The van der Waals surface area contributed by atoms with Gasteiger partial charge in [-0.2, -0.15) is 10.2 Å². The summed E-state index contributed by atoms with van der Waals surface area (Å²) in [5.41, 5.74) is 14.0. The van der Waals surface area contributed by atoms with Crippen molar-refractivity contribution in [1.29, 1.82) is 0 Å². The van der Waals surface area contributed by atoms with E-state index in [2.05, 4.69) is 78.2 Å². The molecule has 2 heterocycles. The van der Waals surface area contributed by atoms with Crippen molar-refractivity contribution in [2.24, 2.45) is 4.99 Å². The average molecular weight is 453 g/mol. The van der Waals surface area contributed by atoms with Crippen molar-refractivity contribution in [2.45, 2.75) is 46.6 Å². The Morgan fingerprint density at radius 3 is 2.53 bits per heavy atom. The molecule has 3 aromatic rings. The summed E-state index contributed by atoms with van der Waals surface area (Å²) in [5, 5.41) is 8.52. The quantitative estimate of drug-likeness (QED) is 0.504. The molecular formula is C29H32N4O. The molecule has 4 rings (SSSR count). The first-order valence-corrected chi connectivity index (χ1v) is 11.6. The predicted molar refractivity (Wildman–Crippen MR) is 140 cm³/mol. The molecule has 0 fully saturated rings. The van der Waals surface area contributed by atoms with Gasteiger partial charge in [0.1, 0.15) is 0 Å². The molecule has 1 unspecified atom stereocenters. The summed E-state index contributed by atoms with van der Waals surface area (Å²) in [5.74, 6) is 0.714. The van der Waals surface area contributed by atoms with Crippen LogP contribution in [0, 0.1) is 13.8 Å². The van der Waals surface area contributed by atoms with Crippen LogP contribution in [0.3, 0.4) is 0 Å². The van der Waals surface area contributed by atoms with E-state index >= 15 is 0 Å². The number of nitrogens with zero attached hydrogens (tertiary/aromatic N) is 3. The van der Waals surface area contributed by atoms with Crippen LogP contribution in [0.4, 0.5) is 0 Å². The van der Waals surface area contributed by atoms with Gasteiger partial charge < -0.3 is 0 Å². The van der Waals surface area contributed by atoms with Gasteiger partial charge in [0, 0.05) is 5.56 Å². The molecule has 1 aliphatic heterocycles. The number of rotatable bonds is 7. The van der Waals surface area contributed by atoms with E-state index in [0.29, 0.717) is 12.4 Å². The highest BCUT2D eigenvalue weighted by Gasteiger charge is 2.22. The van der Waals surface area contributed by atoms with Crippen LogP contribution in [0.25, 0.3) is 11.1 Å². The molecule has 2 aromatic carbocycles. The number of aromatic nitrogens is 2. The second-order valence-electron chi connectivity index (χ2n) is 9.16. The van der Waals surface area contributed by atoms with Crippen LogP contribution in [0.15, 0.2) is 66.8 Å². The van der Waals surface area contributed by atoms with Crippen LogP contribution in [-0.2, 0) is 17.7 Å². The standard InChI is InChI=1S/C29H32N4O/c1-18(2)23-9-7-8-22(13-23)14-26-16-30-32-21(6)28(26)29-31-27(17-34-33-29)15-25-11-10-24(19(3)4)12-20(25)5/h7-13,16,27H,1,3,14-15,17H2,2,4-6H3,(H,31,33). The molecule has 0 aliphatic carbocycles. The van der Waals surface area contributed by atoms with Gasteiger partial charge in [-0.3, -0.25) is 9.83 Å². The van der Waals surface area contributed by atoms with Crippen LogP contribution >= 0.6 is 0 Å². The Bertz CT molecular complexity index is 1270. The number of hydrogen-bond acceptors (Lipinski definition) is 5. The molecular weight excluding hydrogens is 420 g/mol. The van der Waals surface area contributed by atoms with Gasteiger partial charge in [0.05, 0.1) is 24.5 Å². The van der Waals surface area contributed by atoms with Crippen molar-refractivity contribution >= 4 is 17.0 Å². The zero-order valence-electron chi connectivity index (χ0n) is 20.5. The maximum atomic E-state index is 5.78. The molecule has 1 aromatic heterocycles. The fourth-order valence-electron chi connectivity index (χ4n) is 4.27. The fraction of sp³-hybridized carbons (Fsp3) is 0.276. The summed E-state index contributed by atoms with van der Waals surface area (Å²) in [7, 11) is 0. The molecule has 174 valence electrons. The third-order valence-electron chi connectivity index (χ3n) is 6.20. The topological polar surface area (TPSA) is 59.4 Å². The molecule has 0 spiro atoms. The first-order chi connectivity index (χ1) is 16.3. The van der Waals surface area contributed by atoms with Gasteiger partial charge in [0.25, 0.3) is 0 Å². The van der Waals surface area contributed by atoms with Gasteiger partial charge in [-0.05, 0) is 73.9 Å². The predicted octanol–water partition coefficient (Wildman–Crippen LogP) is 5.64. The molecule has 0 saturated carbocycles. The van der Waals surface area contributed by atoms with E-state index in [9.17, 15) is 0 Å². The molecule has 34 heavy (non-hydrogen) atoms. The molecule has 0 amide bonds. The Morgan fingerprint density at radius 2 is 1.79 bits per heavy atom. The smallest absolute Gasteiger partial charge is 0.155 e. The number of aliphatic imine (C=N–C) groups is 1. The average Bonchev–Trinajstić information content (AvgIpc) is 2.81. The Balaban J connectivity index is 1.62. The molecule has 5 nitrogen and oxygen atoms in total. The third-order valence-corrected chi connectivity index (χ3v) is 6.20. The van der Waals surface area contributed by atoms with Crippen molar-refractivity contribution < 1.29 is 4.84 Å². The molecule has 0 radical (unpaired) electrons. The highest BCUT2D eigenvalue weighted by atomic mass is 16.6. The third kappa shape index (κ3) is 5.32. The minimum atomic E-state index is 0.0118. The van der Waals surface area contributed by atoms with E-state index in [1.165, 1.54) is 22.3 Å². The summed E-state index contributed by atoms with van der Waals surface area (Å²) in [6, 6.07) is 15.0. The van der Waals surface area contributed by atoms with Crippen molar-refractivity contribution in [1.82, 2.24) is 15.7 Å². The molecule has 1 atom stereocenters. The molecule has 0 bridgehead atoms. The van der Waals surface area contributed by atoms with E-state index in [-0.39, 0.29) is 6.04 Å². The van der Waals surface area contributed by atoms with Crippen molar-refractivity contribution in [2.75, 3.05) is 6.61 Å². The van der Waals surface area contributed by atoms with E-state index in [1.807, 2.05) is 27.0 Å². The van der Waals surface area contributed by atoms with Gasteiger partial charge in [-0.1, -0.05) is 66.8 Å². The van der Waals surface area contributed by atoms with Crippen molar-refractivity contribution in [3.8, 4) is 0 Å². The SMILES string of the molecule is C=C(C)c1cccc(Cc2cnnc(C)c2C2=NC(Cc3ccc(C(=C)C)cc3C)CON2)c1. The van der Waals surface area contributed by atoms with Gasteiger partial charge in [0.15, 0.2) is 5.84 Å². The molecule has 0 saturated heterocycles. The maximum absolute atomic E-state index is 5.78. The molecule has 5 heteroatoms. The fourth-order valence-corrected chi connectivity index (χ4v) is 4.27. The van der Waals surface area contributed by atoms with Crippen LogP contribution in [0.5, 0.6) is 0 Å². The second-order valence-corrected chi connectivity index (χ2v) is 9.16. The molecule has 1 aliphatic rings. The Hall–Kier alpha value is -3.57. The Morgan fingerprint density at radius 1 is 1.03 bits per heavy atom. The summed E-state index contributed by atoms with van der Waals surface area (Å²) in [6.45, 7) is 16.8. The number of amidine groups is 1. The number of nitrogens with one attached hydrogen (secondary N) is 1. The van der Waals surface area contributed by atoms with Crippen LogP contribution in [-0.4, -0.2) is 28.7 Å². The minimum absolute atomic E-state index is 0.0118. The lowest BCUT2D eigenvalue weighted by atomic mass is 9.96. The molecule has 1 N–H and O–H groups in total. The Kier molecular flexibility index (Phi) is 7.03. The zero-order chi connectivity index (χ0) is 24.2. The highest BCUT2D eigenvalue weighted by molar-refractivity contribution is 6.00. The van der Waals surface area contributed by atoms with Gasteiger partial charge in [0.2, 0.25) is 0 Å². The van der Waals surface area contributed by atoms with Crippen LogP contribution < -0.4 is 5.48 Å². The van der Waals surface area contributed by atoms with E-state index in [1.54, 1.807) is 0 Å². The normalized spacial score (nSPS) is 15.4. The first kappa shape index (κ1) is 23.6. The summed E-state index contributed by atoms with van der Waals surface area (Å²) in [6.07, 6.45) is 3.35. The Labute approximate surface area is 202 Å². The van der Waals surface area contributed by atoms with Gasteiger partial charge in [-0.15, -0.1) is 0 Å². The highest BCUT2D eigenvalue weighted by Crippen LogP contribution is 2.23. The number of benzene rings is 2. The summed E-state index contributed by atoms with van der Waals surface area (Å²) in [4.78, 5) is 10.8. The van der Waals surface area contributed by atoms with E-state index < -0.39 is 0 Å². The van der Waals surface area contributed by atoms with E-state index in [4.69, 9.17) is 9.83 Å². The van der Waals surface area contributed by atoms with Gasteiger partial charge in [-0.25, -0.2) is 5.48 Å². The number of hydrogen-bond donors (Lipinski definition) is 1. The van der Waals surface area contributed by atoms with Crippen molar-refractivity contribution in [3.05, 3.63) is 106 Å². The van der Waals surface area contributed by atoms with Crippen molar-refractivity contribution in [3.63, 3.8) is 0 Å². The maximum Gasteiger partial charge on any atom is 0.155 e. The van der Waals surface area contributed by atoms with Gasteiger partial charge >= 0.3 is 0 Å². The number of aryl methyl sites for hydroxylation is 2. The lowest BCUT2D eigenvalue weighted by Gasteiger charge is -2.24. The number of hydroxylamine groups is 1. The first-order valence-electron chi connectivity index (χ1n) is 11.6. The largest absolute Gasteiger partial charge is 0.272 e. The lowest BCUT2D eigenvalue weighted by Crippen LogP contribution is -2.37. The lowest BCUT2D eigenvalue weighted by molar-refractivity contribution is 0.0623. The zero-order valence-corrected chi connectivity index (χ0v) is 20.5. The number of allylic oxidation sites excluding steroid dienone is 2. The van der Waals surface area contributed by atoms with E-state index in [0.717, 1.165) is 46.4 Å². The monoisotopic (exact) mass is 452 g/mol. The summed E-state index contributed by atoms with van der Waals surface area (Å²) >= 11 is 0. The van der Waals surface area contributed by atoms with Crippen LogP contribution in [0.1, 0.15) is 58.5 Å². The second kappa shape index (κ2) is 10.1. The van der Waals surface area contributed by atoms with Crippen LogP contribution in [0.2, 0.25) is 0 Å². The summed E-state index contributed by atoms with van der Waals surface area (Å²) < 4.78 is 0.